The van der Waals surface area contributed by atoms with Crippen molar-refractivity contribution in [2.75, 3.05) is 32.1 Å². The standard InChI is InChI=1S/C18H25N3O2/c1-19-17(20-12-18(7-8-18)13-3-4-13)21-14-5-6-15-16(11-14)23-10-2-9-22-15/h5-6,11,13H,2-4,7-10,12H2,1H3,(H2,19,20,21). The lowest BCUT2D eigenvalue weighted by atomic mass is 10.0. The van der Waals surface area contributed by atoms with E-state index in [1.807, 2.05) is 25.2 Å². The Bertz CT molecular complexity index is 606. The van der Waals surface area contributed by atoms with E-state index in [2.05, 4.69) is 15.6 Å². The summed E-state index contributed by atoms with van der Waals surface area (Å²) in [5.74, 6) is 3.40. The van der Waals surface area contributed by atoms with Gasteiger partial charge in [-0.05, 0) is 49.1 Å². The van der Waals surface area contributed by atoms with E-state index in [1.54, 1.807) is 0 Å². The van der Waals surface area contributed by atoms with Gasteiger partial charge in [0, 0.05) is 31.8 Å². The molecule has 3 aliphatic rings. The lowest BCUT2D eigenvalue weighted by Crippen LogP contribution is -2.36. The fraction of sp³-hybridized carbons (Fsp3) is 0.611. The molecule has 0 spiro atoms. The minimum absolute atomic E-state index is 0.558. The Labute approximate surface area is 137 Å². The number of ether oxygens (including phenoxy) is 2. The van der Waals surface area contributed by atoms with Crippen LogP contribution >= 0.6 is 0 Å². The van der Waals surface area contributed by atoms with Gasteiger partial charge in [0.05, 0.1) is 13.2 Å². The summed E-state index contributed by atoms with van der Waals surface area (Å²) >= 11 is 0. The van der Waals surface area contributed by atoms with Gasteiger partial charge in [0.1, 0.15) is 0 Å². The second kappa shape index (κ2) is 5.95. The molecule has 2 fully saturated rings. The van der Waals surface area contributed by atoms with Crippen LogP contribution in [0, 0.1) is 11.3 Å². The molecule has 1 heterocycles. The van der Waals surface area contributed by atoms with Crippen molar-refractivity contribution in [3.8, 4) is 11.5 Å². The molecule has 23 heavy (non-hydrogen) atoms. The Balaban J connectivity index is 1.38. The lowest BCUT2D eigenvalue weighted by Gasteiger charge is -2.18. The molecule has 0 saturated heterocycles. The fourth-order valence-corrected chi connectivity index (χ4v) is 3.40. The van der Waals surface area contributed by atoms with E-state index in [-0.39, 0.29) is 0 Å². The molecule has 1 aromatic carbocycles. The Morgan fingerprint density at radius 1 is 1.22 bits per heavy atom. The summed E-state index contributed by atoms with van der Waals surface area (Å²) in [7, 11) is 1.81. The quantitative estimate of drug-likeness (QED) is 0.662. The van der Waals surface area contributed by atoms with Crippen LogP contribution in [0.2, 0.25) is 0 Å². The van der Waals surface area contributed by atoms with E-state index >= 15 is 0 Å². The normalized spacial score (nSPS) is 22.2. The van der Waals surface area contributed by atoms with E-state index in [0.717, 1.165) is 42.0 Å². The number of nitrogens with one attached hydrogen (secondary N) is 2. The molecule has 5 nitrogen and oxygen atoms in total. The van der Waals surface area contributed by atoms with Crippen molar-refractivity contribution in [1.82, 2.24) is 5.32 Å². The van der Waals surface area contributed by atoms with Crippen LogP contribution in [0.25, 0.3) is 0 Å². The molecule has 0 aromatic heterocycles. The van der Waals surface area contributed by atoms with Gasteiger partial charge < -0.3 is 20.1 Å². The Kier molecular flexibility index (Phi) is 3.79. The number of nitrogens with zero attached hydrogens (tertiary/aromatic N) is 1. The van der Waals surface area contributed by atoms with Gasteiger partial charge in [0.25, 0.3) is 0 Å². The molecule has 124 valence electrons. The number of hydrogen-bond donors (Lipinski definition) is 2. The van der Waals surface area contributed by atoms with Gasteiger partial charge in [-0.15, -0.1) is 0 Å². The molecule has 0 unspecified atom stereocenters. The van der Waals surface area contributed by atoms with E-state index < -0.39 is 0 Å². The Hall–Kier alpha value is -1.91. The lowest BCUT2D eigenvalue weighted by molar-refractivity contribution is 0.297. The van der Waals surface area contributed by atoms with Gasteiger partial charge >= 0.3 is 0 Å². The molecule has 1 aliphatic heterocycles. The third-order valence-electron chi connectivity index (χ3n) is 5.18. The average Bonchev–Trinajstić information content (AvgIpc) is 3.44. The number of benzene rings is 1. The minimum atomic E-state index is 0.558. The molecule has 0 bridgehead atoms. The molecular weight excluding hydrogens is 290 g/mol. The first-order valence-electron chi connectivity index (χ1n) is 8.66. The SMILES string of the molecule is CN=C(NCC1(C2CC2)CC1)Nc1ccc2c(c1)OCCCO2. The highest BCUT2D eigenvalue weighted by Crippen LogP contribution is 2.60. The van der Waals surface area contributed by atoms with Crippen molar-refractivity contribution in [3.05, 3.63) is 18.2 Å². The largest absolute Gasteiger partial charge is 0.490 e. The maximum Gasteiger partial charge on any atom is 0.195 e. The van der Waals surface area contributed by atoms with Crippen molar-refractivity contribution in [2.24, 2.45) is 16.3 Å². The summed E-state index contributed by atoms with van der Waals surface area (Å²) in [4.78, 5) is 4.35. The predicted molar refractivity (Wildman–Crippen MR) is 91.4 cm³/mol. The zero-order chi connectivity index (χ0) is 15.7. The molecule has 2 saturated carbocycles. The summed E-state index contributed by atoms with van der Waals surface area (Å²) in [6.07, 6.45) is 6.48. The highest BCUT2D eigenvalue weighted by molar-refractivity contribution is 5.93. The van der Waals surface area contributed by atoms with Crippen LogP contribution in [0.4, 0.5) is 5.69 Å². The zero-order valence-electron chi connectivity index (χ0n) is 13.7. The second-order valence-electron chi connectivity index (χ2n) is 6.90. The molecule has 0 atom stereocenters. The maximum atomic E-state index is 5.74. The molecule has 2 N–H and O–H groups in total. The molecule has 4 rings (SSSR count). The van der Waals surface area contributed by atoms with Crippen LogP contribution in [-0.4, -0.2) is 32.8 Å². The monoisotopic (exact) mass is 315 g/mol. The first kappa shape index (κ1) is 14.7. The van der Waals surface area contributed by atoms with Crippen molar-refractivity contribution in [2.45, 2.75) is 32.1 Å². The summed E-state index contributed by atoms with van der Waals surface area (Å²) in [6.45, 7) is 2.45. The van der Waals surface area contributed by atoms with E-state index in [1.165, 1.54) is 25.7 Å². The summed E-state index contributed by atoms with van der Waals surface area (Å²) in [6, 6.07) is 5.96. The van der Waals surface area contributed by atoms with Crippen molar-refractivity contribution >= 4 is 11.6 Å². The molecule has 2 aliphatic carbocycles. The topological polar surface area (TPSA) is 54.9 Å². The van der Waals surface area contributed by atoms with Crippen LogP contribution in [0.5, 0.6) is 11.5 Å². The van der Waals surface area contributed by atoms with E-state index in [0.29, 0.717) is 18.6 Å². The van der Waals surface area contributed by atoms with Crippen molar-refractivity contribution < 1.29 is 9.47 Å². The summed E-state index contributed by atoms with van der Waals surface area (Å²) in [5.41, 5.74) is 1.53. The van der Waals surface area contributed by atoms with Crippen molar-refractivity contribution in [1.29, 1.82) is 0 Å². The molecule has 5 heteroatoms. The van der Waals surface area contributed by atoms with Gasteiger partial charge in [0.15, 0.2) is 17.5 Å². The highest BCUT2D eigenvalue weighted by Gasteiger charge is 2.53. The van der Waals surface area contributed by atoms with Crippen LogP contribution in [0.1, 0.15) is 32.1 Å². The first-order chi connectivity index (χ1) is 11.3. The Morgan fingerprint density at radius 3 is 2.70 bits per heavy atom. The molecule has 0 radical (unpaired) electrons. The molecular formula is C18H25N3O2. The number of rotatable bonds is 4. The highest BCUT2D eigenvalue weighted by atomic mass is 16.5. The third-order valence-corrected chi connectivity index (χ3v) is 5.18. The summed E-state index contributed by atoms with van der Waals surface area (Å²) in [5, 5.41) is 6.86. The zero-order valence-corrected chi connectivity index (χ0v) is 13.7. The number of guanidine groups is 1. The van der Waals surface area contributed by atoms with Gasteiger partial charge in [0.2, 0.25) is 0 Å². The number of hydrogen-bond acceptors (Lipinski definition) is 3. The predicted octanol–water partition coefficient (Wildman–Crippen LogP) is 3.03. The van der Waals surface area contributed by atoms with Crippen LogP contribution in [-0.2, 0) is 0 Å². The Morgan fingerprint density at radius 2 is 2.00 bits per heavy atom. The van der Waals surface area contributed by atoms with Crippen LogP contribution in [0.3, 0.4) is 0 Å². The fourth-order valence-electron chi connectivity index (χ4n) is 3.40. The minimum Gasteiger partial charge on any atom is -0.490 e. The maximum absolute atomic E-state index is 5.74. The molecule has 0 amide bonds. The first-order valence-corrected chi connectivity index (χ1v) is 8.66. The third kappa shape index (κ3) is 3.23. The molecule has 1 aromatic rings. The van der Waals surface area contributed by atoms with E-state index in [4.69, 9.17) is 9.47 Å². The van der Waals surface area contributed by atoms with Gasteiger partial charge in [-0.25, -0.2) is 0 Å². The summed E-state index contributed by atoms with van der Waals surface area (Å²) < 4.78 is 11.4. The van der Waals surface area contributed by atoms with Gasteiger partial charge in [-0.1, -0.05) is 0 Å². The average molecular weight is 315 g/mol. The smallest absolute Gasteiger partial charge is 0.195 e. The number of aliphatic imine (C=N–C) groups is 1. The van der Waals surface area contributed by atoms with Crippen LogP contribution < -0.4 is 20.1 Å². The van der Waals surface area contributed by atoms with Crippen LogP contribution in [0.15, 0.2) is 23.2 Å². The van der Waals surface area contributed by atoms with Gasteiger partial charge in [-0.2, -0.15) is 0 Å². The van der Waals surface area contributed by atoms with Gasteiger partial charge in [-0.3, -0.25) is 4.99 Å². The van der Waals surface area contributed by atoms with E-state index in [9.17, 15) is 0 Å². The second-order valence-corrected chi connectivity index (χ2v) is 6.90. The van der Waals surface area contributed by atoms with Crippen molar-refractivity contribution in [3.63, 3.8) is 0 Å². The number of anilines is 1. The number of fused-ring (bicyclic) bond motifs is 1.